The number of amides is 1. The first-order valence-electron chi connectivity index (χ1n) is 6.11. The number of hydrogen-bond acceptors (Lipinski definition) is 3. The van der Waals surface area contributed by atoms with Crippen LogP contribution >= 0.6 is 0 Å². The second-order valence-electron chi connectivity index (χ2n) is 4.69. The Morgan fingerprint density at radius 3 is 2.83 bits per heavy atom. The molecule has 0 fully saturated rings. The molecule has 2 rings (SSSR count). The number of aryl methyl sites for hydroxylation is 1. The van der Waals surface area contributed by atoms with Gasteiger partial charge in [0, 0.05) is 19.0 Å². The van der Waals surface area contributed by atoms with Gasteiger partial charge in [0.2, 0.25) is 5.91 Å². The zero-order valence-corrected chi connectivity index (χ0v) is 10.7. The van der Waals surface area contributed by atoms with Crippen LogP contribution in [0.2, 0.25) is 0 Å². The third-order valence-corrected chi connectivity index (χ3v) is 2.93. The predicted molar refractivity (Wildman–Crippen MR) is 68.8 cm³/mol. The normalized spacial score (nSPS) is 17.6. The lowest BCUT2D eigenvalue weighted by Crippen LogP contribution is -2.25. The molecule has 0 unspecified atom stereocenters. The van der Waals surface area contributed by atoms with Crippen LogP contribution in [0.1, 0.15) is 32.3 Å². The van der Waals surface area contributed by atoms with Crippen molar-refractivity contribution in [3.05, 3.63) is 23.8 Å². The Labute approximate surface area is 106 Å². The largest absolute Gasteiger partial charge is 0.490 e. The summed E-state index contributed by atoms with van der Waals surface area (Å²) in [5.41, 5.74) is 1.87. The quantitative estimate of drug-likeness (QED) is 0.891. The fourth-order valence-electron chi connectivity index (χ4n) is 2.19. The van der Waals surface area contributed by atoms with Crippen LogP contribution in [0.15, 0.2) is 18.2 Å². The van der Waals surface area contributed by atoms with Crippen molar-refractivity contribution in [2.45, 2.75) is 39.2 Å². The lowest BCUT2D eigenvalue weighted by Gasteiger charge is -2.25. The van der Waals surface area contributed by atoms with E-state index in [0.717, 1.165) is 29.8 Å². The van der Waals surface area contributed by atoms with E-state index in [1.807, 2.05) is 18.2 Å². The van der Waals surface area contributed by atoms with E-state index < -0.39 is 0 Å². The van der Waals surface area contributed by atoms with Crippen molar-refractivity contribution in [1.29, 1.82) is 0 Å². The second kappa shape index (κ2) is 5.21. The minimum atomic E-state index is -0.0823. The summed E-state index contributed by atoms with van der Waals surface area (Å²) < 4.78 is 5.77. The number of carbonyl (C=O) groups excluding carboxylic acids is 2. The molecule has 1 aliphatic rings. The van der Waals surface area contributed by atoms with Crippen LogP contribution in [0.5, 0.6) is 5.75 Å². The monoisotopic (exact) mass is 247 g/mol. The number of ether oxygens (including phenoxy) is 1. The average Bonchev–Trinajstić information content (AvgIpc) is 2.27. The van der Waals surface area contributed by atoms with Gasteiger partial charge in [-0.05, 0) is 43.5 Å². The summed E-state index contributed by atoms with van der Waals surface area (Å²) in [6.07, 6.45) is 2.17. The van der Waals surface area contributed by atoms with Gasteiger partial charge in [0.1, 0.15) is 17.6 Å². The highest BCUT2D eigenvalue weighted by Gasteiger charge is 2.21. The average molecular weight is 247 g/mol. The van der Waals surface area contributed by atoms with E-state index in [-0.39, 0.29) is 17.8 Å². The number of nitrogens with one attached hydrogen (secondary N) is 1. The van der Waals surface area contributed by atoms with Crippen molar-refractivity contribution < 1.29 is 14.3 Å². The van der Waals surface area contributed by atoms with Crippen molar-refractivity contribution in [2.75, 3.05) is 5.32 Å². The molecule has 0 bridgehead atoms. The summed E-state index contributed by atoms with van der Waals surface area (Å²) >= 11 is 0. The first kappa shape index (κ1) is 12.6. The predicted octanol–water partition coefficient (Wildman–Crippen LogP) is 2.32. The lowest BCUT2D eigenvalue weighted by molar-refractivity contribution is -0.118. The van der Waals surface area contributed by atoms with Gasteiger partial charge in [-0.2, -0.15) is 0 Å². The van der Waals surface area contributed by atoms with Crippen LogP contribution in [-0.2, 0) is 16.0 Å². The number of hydrogen-bond donors (Lipinski definition) is 1. The van der Waals surface area contributed by atoms with E-state index in [1.54, 1.807) is 6.92 Å². The Kier molecular flexibility index (Phi) is 3.65. The molecular formula is C14H17NO3. The number of carbonyl (C=O) groups is 2. The molecule has 4 heteroatoms. The summed E-state index contributed by atoms with van der Waals surface area (Å²) in [7, 11) is 0. The molecule has 1 N–H and O–H groups in total. The molecule has 0 spiro atoms. The van der Waals surface area contributed by atoms with Gasteiger partial charge in [0.25, 0.3) is 0 Å². The van der Waals surface area contributed by atoms with Gasteiger partial charge in [-0.25, -0.2) is 0 Å². The molecule has 0 aromatic heterocycles. The van der Waals surface area contributed by atoms with E-state index in [2.05, 4.69) is 5.32 Å². The Bertz CT molecular complexity index is 482. The molecule has 0 saturated heterocycles. The van der Waals surface area contributed by atoms with Gasteiger partial charge in [-0.3, -0.25) is 9.59 Å². The number of Topliss-reactive ketones (excluding diaryl/α,β-unsaturated/α-hetero) is 1. The van der Waals surface area contributed by atoms with E-state index in [0.29, 0.717) is 6.42 Å². The molecule has 96 valence electrons. The van der Waals surface area contributed by atoms with Crippen molar-refractivity contribution in [1.82, 2.24) is 0 Å². The molecule has 0 aliphatic carbocycles. The smallest absolute Gasteiger partial charge is 0.221 e. The number of benzene rings is 1. The van der Waals surface area contributed by atoms with E-state index in [1.165, 1.54) is 6.92 Å². The van der Waals surface area contributed by atoms with Gasteiger partial charge >= 0.3 is 0 Å². The zero-order valence-electron chi connectivity index (χ0n) is 10.7. The second-order valence-corrected chi connectivity index (χ2v) is 4.69. The van der Waals surface area contributed by atoms with Crippen LogP contribution < -0.4 is 10.1 Å². The number of ketones is 1. The van der Waals surface area contributed by atoms with Gasteiger partial charge in [0.15, 0.2) is 0 Å². The fourth-order valence-corrected chi connectivity index (χ4v) is 2.19. The van der Waals surface area contributed by atoms with Crippen LogP contribution in [0.4, 0.5) is 5.69 Å². The standard InChI is InChI=1S/C14H17NO3/c1-9(16)7-13-5-3-11-8-12(15-10(2)17)4-6-14(11)18-13/h4,6,8,13H,3,5,7H2,1-2H3,(H,15,17)/t13-/m0/s1. The Hall–Kier alpha value is -1.84. The fraction of sp³-hybridized carbons (Fsp3) is 0.429. The zero-order chi connectivity index (χ0) is 13.1. The summed E-state index contributed by atoms with van der Waals surface area (Å²) in [6, 6.07) is 5.60. The molecule has 0 saturated carbocycles. The molecule has 0 radical (unpaired) electrons. The third kappa shape index (κ3) is 3.09. The molecule has 1 aliphatic heterocycles. The summed E-state index contributed by atoms with van der Waals surface area (Å²) in [6.45, 7) is 3.07. The highest BCUT2D eigenvalue weighted by atomic mass is 16.5. The third-order valence-electron chi connectivity index (χ3n) is 2.93. The van der Waals surface area contributed by atoms with Gasteiger partial charge in [-0.1, -0.05) is 0 Å². The van der Waals surface area contributed by atoms with Gasteiger partial charge in [0.05, 0.1) is 0 Å². The summed E-state index contributed by atoms with van der Waals surface area (Å²) in [5.74, 6) is 0.890. The highest BCUT2D eigenvalue weighted by molar-refractivity contribution is 5.88. The lowest BCUT2D eigenvalue weighted by atomic mass is 9.99. The highest BCUT2D eigenvalue weighted by Crippen LogP contribution is 2.31. The molecule has 1 aromatic rings. The van der Waals surface area contributed by atoms with Crippen LogP contribution in [-0.4, -0.2) is 17.8 Å². The maximum Gasteiger partial charge on any atom is 0.221 e. The number of anilines is 1. The minimum Gasteiger partial charge on any atom is -0.490 e. The first-order chi connectivity index (χ1) is 8.54. The summed E-state index contributed by atoms with van der Waals surface area (Å²) in [4.78, 5) is 22.0. The Morgan fingerprint density at radius 1 is 1.39 bits per heavy atom. The van der Waals surface area contributed by atoms with Crippen LogP contribution in [0.25, 0.3) is 0 Å². The molecule has 1 heterocycles. The van der Waals surface area contributed by atoms with Crippen molar-refractivity contribution in [2.24, 2.45) is 0 Å². The van der Waals surface area contributed by atoms with Crippen LogP contribution in [0, 0.1) is 0 Å². The van der Waals surface area contributed by atoms with Crippen molar-refractivity contribution in [3.63, 3.8) is 0 Å². The first-order valence-corrected chi connectivity index (χ1v) is 6.11. The van der Waals surface area contributed by atoms with Crippen molar-refractivity contribution >= 4 is 17.4 Å². The Morgan fingerprint density at radius 2 is 2.17 bits per heavy atom. The van der Waals surface area contributed by atoms with Crippen molar-refractivity contribution in [3.8, 4) is 5.75 Å². The van der Waals surface area contributed by atoms with Gasteiger partial charge < -0.3 is 10.1 Å². The van der Waals surface area contributed by atoms with E-state index in [4.69, 9.17) is 4.74 Å². The molecule has 4 nitrogen and oxygen atoms in total. The number of fused-ring (bicyclic) bond motifs is 1. The van der Waals surface area contributed by atoms with E-state index in [9.17, 15) is 9.59 Å². The minimum absolute atomic E-state index is 0.0124. The summed E-state index contributed by atoms with van der Waals surface area (Å²) in [5, 5.41) is 2.75. The molecular weight excluding hydrogens is 230 g/mol. The molecule has 1 amide bonds. The maximum atomic E-state index is 11.1. The van der Waals surface area contributed by atoms with Crippen LogP contribution in [0.3, 0.4) is 0 Å². The molecule has 1 atom stereocenters. The SMILES string of the molecule is CC(=O)C[C@@H]1CCc2cc(NC(C)=O)ccc2O1. The van der Waals surface area contributed by atoms with E-state index >= 15 is 0 Å². The topological polar surface area (TPSA) is 55.4 Å². The Balaban J connectivity index is 2.10. The number of rotatable bonds is 3. The molecule has 1 aromatic carbocycles. The maximum absolute atomic E-state index is 11.1. The van der Waals surface area contributed by atoms with Gasteiger partial charge in [-0.15, -0.1) is 0 Å². The molecule has 18 heavy (non-hydrogen) atoms.